The third-order valence-corrected chi connectivity index (χ3v) is 7.48. The predicted molar refractivity (Wildman–Crippen MR) is 106 cm³/mol. The Labute approximate surface area is 175 Å². The molecule has 30 heavy (non-hydrogen) atoms. The Kier molecular flexibility index (Phi) is 7.25. The SMILES string of the molecule is O=C(NCc1cccc(C(F)(F)F)c1)N1CCN(S(=O)(=O)N2CCCCCC2)CC1. The second-order valence-electron chi connectivity index (χ2n) is 7.56. The fourth-order valence-electron chi connectivity index (χ4n) is 3.70. The molecule has 1 aromatic carbocycles. The Morgan fingerprint density at radius 3 is 2.13 bits per heavy atom. The molecule has 0 radical (unpaired) electrons. The topological polar surface area (TPSA) is 73.0 Å². The van der Waals surface area contributed by atoms with Crippen LogP contribution in [0.25, 0.3) is 0 Å². The van der Waals surface area contributed by atoms with Gasteiger partial charge in [0.2, 0.25) is 0 Å². The highest BCUT2D eigenvalue weighted by atomic mass is 32.2. The summed E-state index contributed by atoms with van der Waals surface area (Å²) in [6.07, 6.45) is -0.652. The number of carbonyl (C=O) groups is 1. The Morgan fingerprint density at radius 1 is 0.933 bits per heavy atom. The van der Waals surface area contributed by atoms with Crippen LogP contribution < -0.4 is 5.32 Å². The van der Waals surface area contributed by atoms with Crippen molar-refractivity contribution in [3.8, 4) is 0 Å². The highest BCUT2D eigenvalue weighted by Gasteiger charge is 2.34. The van der Waals surface area contributed by atoms with E-state index in [2.05, 4.69) is 5.32 Å². The largest absolute Gasteiger partial charge is 0.416 e. The van der Waals surface area contributed by atoms with Crippen molar-refractivity contribution in [3.63, 3.8) is 0 Å². The number of carbonyl (C=O) groups excluding carboxylic acids is 1. The van der Waals surface area contributed by atoms with Crippen LogP contribution in [0.3, 0.4) is 0 Å². The molecule has 0 bridgehead atoms. The van der Waals surface area contributed by atoms with Gasteiger partial charge in [-0.2, -0.15) is 30.2 Å². The van der Waals surface area contributed by atoms with Crippen molar-refractivity contribution < 1.29 is 26.4 Å². The fourth-order valence-corrected chi connectivity index (χ4v) is 5.38. The molecular weight excluding hydrogens is 421 g/mol. The fraction of sp³-hybridized carbons (Fsp3) is 0.632. The minimum atomic E-state index is -4.44. The summed E-state index contributed by atoms with van der Waals surface area (Å²) >= 11 is 0. The van der Waals surface area contributed by atoms with Crippen molar-refractivity contribution in [2.24, 2.45) is 0 Å². The van der Waals surface area contributed by atoms with Crippen LogP contribution in [0.15, 0.2) is 24.3 Å². The van der Waals surface area contributed by atoms with E-state index in [4.69, 9.17) is 0 Å². The van der Waals surface area contributed by atoms with Crippen molar-refractivity contribution in [2.75, 3.05) is 39.3 Å². The molecule has 0 aromatic heterocycles. The number of hydrogen-bond acceptors (Lipinski definition) is 3. The van der Waals surface area contributed by atoms with E-state index in [1.54, 1.807) is 0 Å². The summed E-state index contributed by atoms with van der Waals surface area (Å²) in [7, 11) is -3.53. The third kappa shape index (κ3) is 5.64. The molecule has 1 N–H and O–H groups in total. The van der Waals surface area contributed by atoms with Crippen LogP contribution in [0.5, 0.6) is 0 Å². The summed E-state index contributed by atoms with van der Waals surface area (Å²) < 4.78 is 67.0. The van der Waals surface area contributed by atoms with Gasteiger partial charge in [-0.25, -0.2) is 4.79 Å². The molecular formula is C19H27F3N4O3S. The van der Waals surface area contributed by atoms with E-state index in [-0.39, 0.29) is 32.7 Å². The molecule has 0 aliphatic carbocycles. The Bertz CT molecular complexity index is 832. The maximum Gasteiger partial charge on any atom is 0.416 e. The van der Waals surface area contributed by atoms with Gasteiger partial charge < -0.3 is 10.2 Å². The van der Waals surface area contributed by atoms with E-state index < -0.39 is 28.0 Å². The van der Waals surface area contributed by atoms with Gasteiger partial charge in [-0.05, 0) is 30.5 Å². The lowest BCUT2D eigenvalue weighted by molar-refractivity contribution is -0.137. The van der Waals surface area contributed by atoms with Crippen LogP contribution in [-0.4, -0.2) is 67.2 Å². The summed E-state index contributed by atoms with van der Waals surface area (Å²) in [5.74, 6) is 0. The molecule has 2 saturated heterocycles. The van der Waals surface area contributed by atoms with E-state index in [1.165, 1.54) is 25.6 Å². The first-order valence-corrected chi connectivity index (χ1v) is 11.5. The standard InChI is InChI=1S/C19H27F3N4O3S/c20-19(21,22)17-7-5-6-16(14-17)15-23-18(27)24-10-12-26(13-11-24)30(28,29)25-8-3-1-2-4-9-25/h5-7,14H,1-4,8-13,15H2,(H,23,27). The molecule has 2 aliphatic heterocycles. The number of piperazine rings is 1. The zero-order chi connectivity index (χ0) is 21.8. The Morgan fingerprint density at radius 2 is 1.53 bits per heavy atom. The smallest absolute Gasteiger partial charge is 0.334 e. The average molecular weight is 449 g/mol. The first kappa shape index (κ1) is 22.8. The van der Waals surface area contributed by atoms with E-state index in [9.17, 15) is 26.4 Å². The highest BCUT2D eigenvalue weighted by Crippen LogP contribution is 2.29. The van der Waals surface area contributed by atoms with Gasteiger partial charge in [-0.15, -0.1) is 0 Å². The maximum atomic E-state index is 12.8. The first-order chi connectivity index (χ1) is 14.2. The summed E-state index contributed by atoms with van der Waals surface area (Å²) in [5, 5.41) is 2.61. The molecule has 2 amide bonds. The number of amides is 2. The van der Waals surface area contributed by atoms with Gasteiger partial charge in [0.05, 0.1) is 5.56 Å². The van der Waals surface area contributed by atoms with E-state index in [0.717, 1.165) is 37.8 Å². The molecule has 0 spiro atoms. The number of urea groups is 1. The predicted octanol–water partition coefficient (Wildman–Crippen LogP) is 2.65. The van der Waals surface area contributed by atoms with Gasteiger partial charge >= 0.3 is 12.2 Å². The van der Waals surface area contributed by atoms with Crippen LogP contribution in [0.2, 0.25) is 0 Å². The van der Waals surface area contributed by atoms with Gasteiger partial charge in [0.1, 0.15) is 0 Å². The first-order valence-electron chi connectivity index (χ1n) is 10.1. The van der Waals surface area contributed by atoms with Gasteiger partial charge in [-0.1, -0.05) is 25.0 Å². The lowest BCUT2D eigenvalue weighted by Gasteiger charge is -2.36. The number of benzene rings is 1. The molecule has 168 valence electrons. The number of hydrogen-bond donors (Lipinski definition) is 1. The number of nitrogens with one attached hydrogen (secondary N) is 1. The van der Waals surface area contributed by atoms with E-state index in [0.29, 0.717) is 18.7 Å². The molecule has 3 rings (SSSR count). The molecule has 2 heterocycles. The molecule has 0 saturated carbocycles. The van der Waals surface area contributed by atoms with Gasteiger partial charge in [0, 0.05) is 45.8 Å². The van der Waals surface area contributed by atoms with E-state index in [1.807, 2.05) is 0 Å². The van der Waals surface area contributed by atoms with Crippen LogP contribution in [0.4, 0.5) is 18.0 Å². The molecule has 0 unspecified atom stereocenters. The molecule has 0 atom stereocenters. The molecule has 11 heteroatoms. The second-order valence-corrected chi connectivity index (χ2v) is 9.49. The molecule has 7 nitrogen and oxygen atoms in total. The quantitative estimate of drug-likeness (QED) is 0.770. The zero-order valence-electron chi connectivity index (χ0n) is 16.7. The third-order valence-electron chi connectivity index (χ3n) is 5.44. The number of nitrogens with zero attached hydrogens (tertiary/aromatic N) is 3. The maximum absolute atomic E-state index is 12.8. The van der Waals surface area contributed by atoms with Crippen molar-refractivity contribution in [3.05, 3.63) is 35.4 Å². The average Bonchev–Trinajstić information content (AvgIpc) is 3.02. The van der Waals surface area contributed by atoms with Crippen LogP contribution in [0, 0.1) is 0 Å². The second kappa shape index (κ2) is 9.52. The summed E-state index contributed by atoms with van der Waals surface area (Å²) in [5.41, 5.74) is -0.415. The van der Waals surface area contributed by atoms with Gasteiger partial charge in [-0.3, -0.25) is 0 Å². The number of rotatable bonds is 4. The number of halogens is 3. The highest BCUT2D eigenvalue weighted by molar-refractivity contribution is 7.86. The Balaban J connectivity index is 1.50. The Hall–Kier alpha value is -1.85. The van der Waals surface area contributed by atoms with Gasteiger partial charge in [0.15, 0.2) is 0 Å². The monoisotopic (exact) mass is 448 g/mol. The minimum absolute atomic E-state index is 0.0327. The van der Waals surface area contributed by atoms with E-state index >= 15 is 0 Å². The van der Waals surface area contributed by atoms with Crippen molar-refractivity contribution in [2.45, 2.75) is 38.4 Å². The van der Waals surface area contributed by atoms with Crippen molar-refractivity contribution in [1.82, 2.24) is 18.8 Å². The molecule has 2 aliphatic rings. The van der Waals surface area contributed by atoms with Crippen LogP contribution >= 0.6 is 0 Å². The summed E-state index contributed by atoms with van der Waals surface area (Å²) in [6, 6.07) is 4.39. The van der Waals surface area contributed by atoms with Crippen LogP contribution in [0.1, 0.15) is 36.8 Å². The summed E-state index contributed by atoms with van der Waals surface area (Å²) in [4.78, 5) is 13.9. The molecule has 1 aromatic rings. The summed E-state index contributed by atoms with van der Waals surface area (Å²) in [6.45, 7) is 1.91. The molecule has 2 fully saturated rings. The zero-order valence-corrected chi connectivity index (χ0v) is 17.5. The lowest BCUT2D eigenvalue weighted by atomic mass is 10.1. The van der Waals surface area contributed by atoms with Crippen molar-refractivity contribution >= 4 is 16.2 Å². The lowest BCUT2D eigenvalue weighted by Crippen LogP contribution is -2.55. The van der Waals surface area contributed by atoms with Gasteiger partial charge in [0.25, 0.3) is 10.2 Å². The normalized spacial score (nSPS) is 20.0. The van der Waals surface area contributed by atoms with Crippen molar-refractivity contribution in [1.29, 1.82) is 0 Å². The number of alkyl halides is 3. The minimum Gasteiger partial charge on any atom is -0.334 e. The van der Waals surface area contributed by atoms with Crippen LogP contribution in [-0.2, 0) is 22.9 Å².